The van der Waals surface area contributed by atoms with Crippen LogP contribution in [0.3, 0.4) is 0 Å². The lowest BCUT2D eigenvalue weighted by Gasteiger charge is -2.08. The lowest BCUT2D eigenvalue weighted by atomic mass is 10.2. The third kappa shape index (κ3) is 7.11. The number of nitrogens with one attached hydrogen (secondary N) is 2. The fourth-order valence-electron chi connectivity index (χ4n) is 1.73. The predicted molar refractivity (Wildman–Crippen MR) is 78.8 cm³/mol. The molecule has 1 amide bonds. The molecule has 0 heterocycles. The summed E-state index contributed by atoms with van der Waals surface area (Å²) in [7, 11) is 1.62. The molecular weight excluding hydrogens is 256 g/mol. The highest BCUT2D eigenvalue weighted by Gasteiger charge is 2.00. The average Bonchev–Trinajstić information content (AvgIpc) is 2.45. The van der Waals surface area contributed by atoms with Gasteiger partial charge >= 0.3 is 0 Å². The van der Waals surface area contributed by atoms with E-state index in [0.717, 1.165) is 17.9 Å². The van der Waals surface area contributed by atoms with E-state index in [-0.39, 0.29) is 5.91 Å². The van der Waals surface area contributed by atoms with Crippen LogP contribution in [0.15, 0.2) is 24.3 Å². The minimum Gasteiger partial charge on any atom is -0.494 e. The summed E-state index contributed by atoms with van der Waals surface area (Å²) in [5.74, 6) is 0.918. The molecule has 1 aromatic rings. The van der Waals surface area contributed by atoms with Crippen molar-refractivity contribution in [3.05, 3.63) is 29.8 Å². The van der Waals surface area contributed by atoms with Crippen LogP contribution in [0.5, 0.6) is 5.75 Å². The number of ether oxygens (including phenoxy) is 2. The molecule has 20 heavy (non-hydrogen) atoms. The number of methoxy groups -OCH3 is 1. The summed E-state index contributed by atoms with van der Waals surface area (Å²) in [5.41, 5.74) is 1.15. The van der Waals surface area contributed by atoms with Gasteiger partial charge in [-0.15, -0.1) is 0 Å². The highest BCUT2D eigenvalue weighted by Crippen LogP contribution is 2.12. The molecule has 0 aromatic heterocycles. The fraction of sp³-hybridized carbons (Fsp3) is 0.533. The van der Waals surface area contributed by atoms with Crippen molar-refractivity contribution in [3.8, 4) is 5.75 Å². The number of rotatable bonds is 10. The van der Waals surface area contributed by atoms with Gasteiger partial charge in [0.25, 0.3) is 0 Å². The van der Waals surface area contributed by atoms with Crippen LogP contribution in [-0.2, 0) is 16.1 Å². The molecule has 5 heteroatoms. The van der Waals surface area contributed by atoms with E-state index in [4.69, 9.17) is 9.47 Å². The van der Waals surface area contributed by atoms with Crippen molar-refractivity contribution >= 4 is 5.91 Å². The first-order chi connectivity index (χ1) is 9.76. The largest absolute Gasteiger partial charge is 0.494 e. The Kier molecular flexibility index (Phi) is 8.42. The van der Waals surface area contributed by atoms with Crippen LogP contribution < -0.4 is 15.4 Å². The third-order valence-electron chi connectivity index (χ3n) is 2.70. The van der Waals surface area contributed by atoms with Gasteiger partial charge < -0.3 is 20.1 Å². The summed E-state index contributed by atoms with van der Waals surface area (Å²) < 4.78 is 10.3. The standard InChI is InChI=1S/C15H24N2O3/c1-3-20-14-6-4-5-13(11-14)12-16-8-7-15(18)17-9-10-19-2/h4-6,11,16H,3,7-10,12H2,1-2H3,(H,17,18). The molecule has 5 nitrogen and oxygen atoms in total. The molecule has 0 saturated heterocycles. The lowest BCUT2D eigenvalue weighted by Crippen LogP contribution is -2.29. The van der Waals surface area contributed by atoms with Gasteiger partial charge in [0.05, 0.1) is 13.2 Å². The molecule has 2 N–H and O–H groups in total. The maximum Gasteiger partial charge on any atom is 0.221 e. The average molecular weight is 280 g/mol. The second-order valence-electron chi connectivity index (χ2n) is 4.35. The molecule has 0 aliphatic rings. The van der Waals surface area contributed by atoms with E-state index in [0.29, 0.717) is 32.7 Å². The van der Waals surface area contributed by atoms with Gasteiger partial charge in [0, 0.05) is 33.2 Å². The summed E-state index contributed by atoms with van der Waals surface area (Å²) in [6, 6.07) is 7.96. The van der Waals surface area contributed by atoms with Crippen LogP contribution in [0, 0.1) is 0 Å². The highest BCUT2D eigenvalue weighted by molar-refractivity contribution is 5.76. The molecule has 0 aliphatic carbocycles. The first kappa shape index (κ1) is 16.5. The number of amides is 1. The molecule has 0 atom stereocenters. The van der Waals surface area contributed by atoms with E-state index < -0.39 is 0 Å². The molecule has 112 valence electrons. The number of hydrogen-bond donors (Lipinski definition) is 2. The van der Waals surface area contributed by atoms with Crippen LogP contribution in [0.2, 0.25) is 0 Å². The smallest absolute Gasteiger partial charge is 0.221 e. The number of carbonyl (C=O) groups excluding carboxylic acids is 1. The van der Waals surface area contributed by atoms with Gasteiger partial charge in [-0.3, -0.25) is 4.79 Å². The number of benzene rings is 1. The first-order valence-corrected chi connectivity index (χ1v) is 6.94. The van der Waals surface area contributed by atoms with Crippen LogP contribution in [0.1, 0.15) is 18.9 Å². The Morgan fingerprint density at radius 2 is 2.15 bits per heavy atom. The van der Waals surface area contributed by atoms with Gasteiger partial charge in [-0.1, -0.05) is 12.1 Å². The topological polar surface area (TPSA) is 59.6 Å². The normalized spacial score (nSPS) is 10.3. The molecule has 0 unspecified atom stereocenters. The number of hydrogen-bond acceptors (Lipinski definition) is 4. The van der Waals surface area contributed by atoms with Crippen molar-refractivity contribution in [2.45, 2.75) is 19.9 Å². The van der Waals surface area contributed by atoms with E-state index in [1.54, 1.807) is 7.11 Å². The Labute approximate surface area is 120 Å². The van der Waals surface area contributed by atoms with Crippen molar-refractivity contribution in [1.29, 1.82) is 0 Å². The zero-order valence-electron chi connectivity index (χ0n) is 12.3. The molecular formula is C15H24N2O3. The van der Waals surface area contributed by atoms with Crippen LogP contribution >= 0.6 is 0 Å². The predicted octanol–water partition coefficient (Wildman–Crippen LogP) is 1.33. The highest BCUT2D eigenvalue weighted by atomic mass is 16.5. The molecule has 0 saturated carbocycles. The van der Waals surface area contributed by atoms with Gasteiger partial charge in [-0.05, 0) is 24.6 Å². The SMILES string of the molecule is CCOc1cccc(CNCCC(=O)NCCOC)c1. The van der Waals surface area contributed by atoms with Crippen LogP contribution in [0.25, 0.3) is 0 Å². The summed E-state index contributed by atoms with van der Waals surface area (Å²) in [6.45, 7) is 5.12. The minimum atomic E-state index is 0.0395. The van der Waals surface area contributed by atoms with Crippen molar-refractivity contribution < 1.29 is 14.3 Å². The zero-order valence-corrected chi connectivity index (χ0v) is 12.3. The van der Waals surface area contributed by atoms with E-state index in [1.807, 2.05) is 31.2 Å². The van der Waals surface area contributed by atoms with E-state index >= 15 is 0 Å². The fourth-order valence-corrected chi connectivity index (χ4v) is 1.73. The monoisotopic (exact) mass is 280 g/mol. The summed E-state index contributed by atoms with van der Waals surface area (Å²) in [6.07, 6.45) is 0.467. The number of carbonyl (C=O) groups is 1. The maximum atomic E-state index is 11.4. The van der Waals surface area contributed by atoms with Gasteiger partial charge in [0.15, 0.2) is 0 Å². The molecule has 1 aromatic carbocycles. The molecule has 1 rings (SSSR count). The second-order valence-corrected chi connectivity index (χ2v) is 4.35. The van der Waals surface area contributed by atoms with Crippen molar-refractivity contribution in [1.82, 2.24) is 10.6 Å². The Bertz CT molecular complexity index is 396. The van der Waals surface area contributed by atoms with Crippen molar-refractivity contribution in [2.75, 3.05) is 33.4 Å². The van der Waals surface area contributed by atoms with E-state index in [2.05, 4.69) is 10.6 Å². The van der Waals surface area contributed by atoms with E-state index in [1.165, 1.54) is 0 Å². The van der Waals surface area contributed by atoms with Gasteiger partial charge in [-0.25, -0.2) is 0 Å². The summed E-state index contributed by atoms with van der Waals surface area (Å²) in [5, 5.41) is 6.03. The Hall–Kier alpha value is -1.59. The minimum absolute atomic E-state index is 0.0395. The first-order valence-electron chi connectivity index (χ1n) is 6.94. The molecule has 0 fully saturated rings. The van der Waals surface area contributed by atoms with Gasteiger partial charge in [-0.2, -0.15) is 0 Å². The summed E-state index contributed by atoms with van der Waals surface area (Å²) in [4.78, 5) is 11.4. The maximum absolute atomic E-state index is 11.4. The summed E-state index contributed by atoms with van der Waals surface area (Å²) >= 11 is 0. The van der Waals surface area contributed by atoms with Gasteiger partial charge in [0.1, 0.15) is 5.75 Å². The zero-order chi connectivity index (χ0) is 14.6. The Morgan fingerprint density at radius 3 is 2.90 bits per heavy atom. The Balaban J connectivity index is 2.17. The molecule has 0 radical (unpaired) electrons. The quantitative estimate of drug-likeness (QED) is 0.635. The molecule has 0 bridgehead atoms. The van der Waals surface area contributed by atoms with Crippen molar-refractivity contribution in [2.24, 2.45) is 0 Å². The lowest BCUT2D eigenvalue weighted by molar-refractivity contribution is -0.121. The molecule has 0 aliphatic heterocycles. The van der Waals surface area contributed by atoms with E-state index in [9.17, 15) is 4.79 Å². The van der Waals surface area contributed by atoms with Crippen LogP contribution in [-0.4, -0.2) is 39.3 Å². The Morgan fingerprint density at radius 1 is 1.30 bits per heavy atom. The van der Waals surface area contributed by atoms with Gasteiger partial charge in [0.2, 0.25) is 5.91 Å². The second kappa shape index (κ2) is 10.2. The van der Waals surface area contributed by atoms with Crippen molar-refractivity contribution in [3.63, 3.8) is 0 Å². The van der Waals surface area contributed by atoms with Crippen LogP contribution in [0.4, 0.5) is 0 Å². The molecule has 0 spiro atoms. The third-order valence-corrected chi connectivity index (χ3v) is 2.70.